The van der Waals surface area contributed by atoms with Gasteiger partial charge in [0.2, 0.25) is 5.91 Å². The highest BCUT2D eigenvalue weighted by Crippen LogP contribution is 2.21. The Hall–Kier alpha value is -2.10. The van der Waals surface area contributed by atoms with Crippen LogP contribution in [0.15, 0.2) is 43.0 Å². The average molecular weight is 275 g/mol. The van der Waals surface area contributed by atoms with E-state index in [1.165, 1.54) is 6.92 Å². The zero-order valence-electron chi connectivity index (χ0n) is 11.9. The van der Waals surface area contributed by atoms with Crippen molar-refractivity contribution < 1.29 is 14.7 Å². The van der Waals surface area contributed by atoms with Crippen molar-refractivity contribution in [3.63, 3.8) is 0 Å². The SMILES string of the molecule is C=CC(CC(=O)NC(C)(CC)C(=O)O)c1ccccc1. The van der Waals surface area contributed by atoms with Crippen LogP contribution in [0, 0.1) is 0 Å². The molecule has 0 bridgehead atoms. The Morgan fingerprint density at radius 1 is 1.40 bits per heavy atom. The van der Waals surface area contributed by atoms with Crippen molar-refractivity contribution in [3.05, 3.63) is 48.6 Å². The van der Waals surface area contributed by atoms with Gasteiger partial charge in [-0.3, -0.25) is 4.79 Å². The number of amides is 1. The lowest BCUT2D eigenvalue weighted by Gasteiger charge is -2.25. The van der Waals surface area contributed by atoms with E-state index in [9.17, 15) is 9.59 Å². The number of carboxylic acids is 1. The second kappa shape index (κ2) is 6.89. The third kappa shape index (κ3) is 3.95. The maximum atomic E-state index is 12.0. The van der Waals surface area contributed by atoms with Crippen LogP contribution in [0.4, 0.5) is 0 Å². The molecule has 1 aromatic carbocycles. The monoisotopic (exact) mass is 275 g/mol. The van der Waals surface area contributed by atoms with Gasteiger partial charge < -0.3 is 10.4 Å². The standard InChI is InChI=1S/C16H21NO3/c1-4-12(13-9-7-6-8-10-13)11-14(18)17-16(3,5-2)15(19)20/h4,6-10,12H,1,5,11H2,2-3H3,(H,17,18)(H,19,20). The number of hydrogen-bond acceptors (Lipinski definition) is 2. The molecule has 0 aliphatic carbocycles. The van der Waals surface area contributed by atoms with Gasteiger partial charge in [-0.2, -0.15) is 0 Å². The molecule has 20 heavy (non-hydrogen) atoms. The van der Waals surface area contributed by atoms with Gasteiger partial charge in [-0.15, -0.1) is 6.58 Å². The Kier molecular flexibility index (Phi) is 5.50. The summed E-state index contributed by atoms with van der Waals surface area (Å²) in [5, 5.41) is 11.7. The number of nitrogens with one attached hydrogen (secondary N) is 1. The predicted molar refractivity (Wildman–Crippen MR) is 78.5 cm³/mol. The van der Waals surface area contributed by atoms with Crippen molar-refractivity contribution in [3.8, 4) is 0 Å². The molecule has 2 atom stereocenters. The van der Waals surface area contributed by atoms with Gasteiger partial charge in [0.15, 0.2) is 0 Å². The predicted octanol–water partition coefficient (Wildman–Crippen LogP) is 2.72. The molecular formula is C16H21NO3. The molecule has 2 N–H and O–H groups in total. The fourth-order valence-electron chi connectivity index (χ4n) is 1.89. The van der Waals surface area contributed by atoms with E-state index in [1.807, 2.05) is 30.3 Å². The van der Waals surface area contributed by atoms with E-state index in [4.69, 9.17) is 5.11 Å². The molecule has 4 nitrogen and oxygen atoms in total. The summed E-state index contributed by atoms with van der Waals surface area (Å²) in [5.41, 5.74) is -0.231. The Morgan fingerprint density at radius 3 is 2.45 bits per heavy atom. The van der Waals surface area contributed by atoms with Crippen molar-refractivity contribution in [2.24, 2.45) is 0 Å². The third-order valence-corrected chi connectivity index (χ3v) is 3.51. The lowest BCUT2D eigenvalue weighted by Crippen LogP contribution is -2.51. The number of allylic oxidation sites excluding steroid dienone is 1. The average Bonchev–Trinajstić information content (AvgIpc) is 2.45. The molecule has 1 rings (SSSR count). The molecule has 0 aromatic heterocycles. The molecule has 0 aliphatic rings. The van der Waals surface area contributed by atoms with Crippen LogP contribution in [-0.2, 0) is 9.59 Å². The molecule has 0 fully saturated rings. The van der Waals surface area contributed by atoms with E-state index in [2.05, 4.69) is 11.9 Å². The largest absolute Gasteiger partial charge is 0.480 e. The lowest BCUT2D eigenvalue weighted by atomic mass is 9.94. The molecule has 4 heteroatoms. The van der Waals surface area contributed by atoms with Gasteiger partial charge in [0, 0.05) is 12.3 Å². The first-order chi connectivity index (χ1) is 9.42. The van der Waals surface area contributed by atoms with Gasteiger partial charge in [-0.25, -0.2) is 4.79 Å². The molecule has 1 aromatic rings. The number of aliphatic carboxylic acids is 1. The van der Waals surface area contributed by atoms with Gasteiger partial charge in [-0.1, -0.05) is 43.3 Å². The molecule has 0 aliphatic heterocycles. The summed E-state index contributed by atoms with van der Waals surface area (Å²) >= 11 is 0. The Balaban J connectivity index is 2.74. The summed E-state index contributed by atoms with van der Waals surface area (Å²) in [5.74, 6) is -1.43. The van der Waals surface area contributed by atoms with Gasteiger partial charge in [0.05, 0.1) is 0 Å². The highest BCUT2D eigenvalue weighted by molar-refractivity contribution is 5.87. The molecule has 108 valence electrons. The van der Waals surface area contributed by atoms with E-state index in [-0.39, 0.29) is 18.2 Å². The Labute approximate surface area is 119 Å². The van der Waals surface area contributed by atoms with Crippen molar-refractivity contribution in [2.75, 3.05) is 0 Å². The number of carbonyl (C=O) groups excluding carboxylic acids is 1. The maximum absolute atomic E-state index is 12.0. The van der Waals surface area contributed by atoms with E-state index < -0.39 is 11.5 Å². The maximum Gasteiger partial charge on any atom is 0.329 e. The molecule has 0 saturated carbocycles. The van der Waals surface area contributed by atoms with Crippen LogP contribution in [0.3, 0.4) is 0 Å². The van der Waals surface area contributed by atoms with Gasteiger partial charge in [-0.05, 0) is 18.9 Å². The second-order valence-corrected chi connectivity index (χ2v) is 5.00. The number of carboxylic acid groups (broad SMARTS) is 1. The second-order valence-electron chi connectivity index (χ2n) is 5.00. The molecular weight excluding hydrogens is 254 g/mol. The van der Waals surface area contributed by atoms with Crippen molar-refractivity contribution in [2.45, 2.75) is 38.1 Å². The minimum atomic E-state index is -1.22. The Morgan fingerprint density at radius 2 is 2.00 bits per heavy atom. The number of carbonyl (C=O) groups is 2. The topological polar surface area (TPSA) is 66.4 Å². The van der Waals surface area contributed by atoms with Gasteiger partial charge >= 0.3 is 5.97 Å². The number of benzene rings is 1. The van der Waals surface area contributed by atoms with Crippen LogP contribution in [0.25, 0.3) is 0 Å². The van der Waals surface area contributed by atoms with Crippen molar-refractivity contribution in [1.82, 2.24) is 5.32 Å². The van der Waals surface area contributed by atoms with Crippen LogP contribution in [0.1, 0.15) is 38.2 Å². The van der Waals surface area contributed by atoms with E-state index >= 15 is 0 Å². The summed E-state index contributed by atoms with van der Waals surface area (Å²) in [6, 6.07) is 9.56. The van der Waals surface area contributed by atoms with Gasteiger partial charge in [0.1, 0.15) is 5.54 Å². The van der Waals surface area contributed by atoms with Crippen LogP contribution in [-0.4, -0.2) is 22.5 Å². The van der Waals surface area contributed by atoms with Gasteiger partial charge in [0.25, 0.3) is 0 Å². The zero-order valence-corrected chi connectivity index (χ0v) is 11.9. The summed E-state index contributed by atoms with van der Waals surface area (Å²) in [7, 11) is 0. The highest BCUT2D eigenvalue weighted by Gasteiger charge is 2.33. The fraction of sp³-hybridized carbons (Fsp3) is 0.375. The zero-order chi connectivity index (χ0) is 15.2. The molecule has 0 radical (unpaired) electrons. The lowest BCUT2D eigenvalue weighted by molar-refractivity contribution is -0.147. The van der Waals surface area contributed by atoms with E-state index in [0.29, 0.717) is 6.42 Å². The van der Waals surface area contributed by atoms with Crippen LogP contribution in [0.5, 0.6) is 0 Å². The fourth-order valence-corrected chi connectivity index (χ4v) is 1.89. The minimum Gasteiger partial charge on any atom is -0.480 e. The minimum absolute atomic E-state index is 0.119. The smallest absolute Gasteiger partial charge is 0.329 e. The van der Waals surface area contributed by atoms with E-state index in [0.717, 1.165) is 5.56 Å². The van der Waals surface area contributed by atoms with Crippen LogP contribution in [0.2, 0.25) is 0 Å². The first kappa shape index (κ1) is 16.0. The highest BCUT2D eigenvalue weighted by atomic mass is 16.4. The molecule has 2 unspecified atom stereocenters. The molecule has 1 amide bonds. The first-order valence-corrected chi connectivity index (χ1v) is 6.65. The number of hydrogen-bond donors (Lipinski definition) is 2. The van der Waals surface area contributed by atoms with Crippen molar-refractivity contribution in [1.29, 1.82) is 0 Å². The molecule has 0 heterocycles. The van der Waals surface area contributed by atoms with Crippen LogP contribution < -0.4 is 5.32 Å². The normalized spacial score (nSPS) is 14.9. The quantitative estimate of drug-likeness (QED) is 0.752. The molecule has 0 saturated heterocycles. The summed E-state index contributed by atoms with van der Waals surface area (Å²) in [6.45, 7) is 6.99. The van der Waals surface area contributed by atoms with E-state index in [1.54, 1.807) is 13.0 Å². The Bertz CT molecular complexity index is 484. The summed E-state index contributed by atoms with van der Waals surface area (Å²) < 4.78 is 0. The summed E-state index contributed by atoms with van der Waals surface area (Å²) in [4.78, 5) is 23.2. The van der Waals surface area contributed by atoms with Crippen molar-refractivity contribution >= 4 is 11.9 Å². The van der Waals surface area contributed by atoms with Crippen LogP contribution >= 0.6 is 0 Å². The number of rotatable bonds is 7. The third-order valence-electron chi connectivity index (χ3n) is 3.51. The molecule has 0 spiro atoms. The summed E-state index contributed by atoms with van der Waals surface area (Å²) in [6.07, 6.45) is 2.23. The first-order valence-electron chi connectivity index (χ1n) is 6.65.